The molecular weight excluding hydrogens is 306 g/mol. The molecule has 4 rings (SSSR count). The number of nitrogens with one attached hydrogen (secondary N) is 2. The van der Waals surface area contributed by atoms with Crippen LogP contribution in [0.4, 0.5) is 0 Å². The molecule has 24 heavy (non-hydrogen) atoms. The summed E-state index contributed by atoms with van der Waals surface area (Å²) in [4.78, 5) is 31.0. The number of nitrogens with zero attached hydrogens (tertiary/aromatic N) is 5. The number of imidazole rings is 1. The van der Waals surface area contributed by atoms with Crippen molar-refractivity contribution in [2.75, 3.05) is 20.1 Å². The third-order valence-corrected chi connectivity index (χ3v) is 4.40. The minimum atomic E-state index is -0.166. The number of amides is 1. The first kappa shape index (κ1) is 14.8. The smallest absolute Gasteiger partial charge is 0.272 e. The summed E-state index contributed by atoms with van der Waals surface area (Å²) in [7, 11) is 2.10. The standard InChI is InChI=1S/C16H19N7O/c1-22-7-3-11(4-8-22)19-15(24)14-13-12(2-5-18-13)20-16(21-14)23-9-6-17-10-23/h2,5-6,9-11,18H,3-4,7-8H2,1H3,(H,19,24). The Morgan fingerprint density at radius 3 is 2.92 bits per heavy atom. The quantitative estimate of drug-likeness (QED) is 0.748. The lowest BCUT2D eigenvalue weighted by Gasteiger charge is -2.29. The molecule has 3 aromatic rings. The highest BCUT2D eigenvalue weighted by molar-refractivity contribution is 6.03. The molecule has 0 radical (unpaired) electrons. The Morgan fingerprint density at radius 2 is 2.17 bits per heavy atom. The maximum atomic E-state index is 12.8. The van der Waals surface area contributed by atoms with Gasteiger partial charge in [-0.25, -0.2) is 15.0 Å². The maximum absolute atomic E-state index is 12.8. The van der Waals surface area contributed by atoms with Gasteiger partial charge in [0.2, 0.25) is 5.95 Å². The molecule has 0 aromatic carbocycles. The molecule has 8 heteroatoms. The van der Waals surface area contributed by atoms with E-state index >= 15 is 0 Å². The van der Waals surface area contributed by atoms with E-state index in [2.05, 4.69) is 37.2 Å². The van der Waals surface area contributed by atoms with Crippen LogP contribution in [0, 0.1) is 0 Å². The van der Waals surface area contributed by atoms with Gasteiger partial charge in [0.25, 0.3) is 5.91 Å². The van der Waals surface area contributed by atoms with E-state index in [0.29, 0.717) is 22.7 Å². The first-order valence-corrected chi connectivity index (χ1v) is 8.03. The van der Waals surface area contributed by atoms with E-state index in [1.54, 1.807) is 29.5 Å². The summed E-state index contributed by atoms with van der Waals surface area (Å²) < 4.78 is 1.69. The van der Waals surface area contributed by atoms with Crippen LogP contribution < -0.4 is 5.32 Å². The molecule has 0 spiro atoms. The number of carbonyl (C=O) groups is 1. The van der Waals surface area contributed by atoms with E-state index in [0.717, 1.165) is 25.9 Å². The number of likely N-dealkylation sites (tertiary alicyclic amines) is 1. The van der Waals surface area contributed by atoms with Crippen LogP contribution in [0.1, 0.15) is 23.3 Å². The van der Waals surface area contributed by atoms with Crippen molar-refractivity contribution in [2.45, 2.75) is 18.9 Å². The Hall–Kier alpha value is -2.74. The first-order valence-electron chi connectivity index (χ1n) is 8.03. The third-order valence-electron chi connectivity index (χ3n) is 4.40. The summed E-state index contributed by atoms with van der Waals surface area (Å²) in [5.41, 5.74) is 1.74. The van der Waals surface area contributed by atoms with Crippen molar-refractivity contribution in [3.63, 3.8) is 0 Å². The van der Waals surface area contributed by atoms with Crippen molar-refractivity contribution in [1.82, 2.24) is 34.7 Å². The number of aromatic amines is 1. The van der Waals surface area contributed by atoms with Crippen molar-refractivity contribution in [3.8, 4) is 5.95 Å². The Bertz CT molecular complexity index is 847. The van der Waals surface area contributed by atoms with Gasteiger partial charge in [0, 0.05) is 24.6 Å². The zero-order valence-corrected chi connectivity index (χ0v) is 13.4. The van der Waals surface area contributed by atoms with Crippen LogP contribution in [0.15, 0.2) is 31.0 Å². The molecule has 0 unspecified atom stereocenters. The molecule has 0 atom stereocenters. The second-order valence-corrected chi connectivity index (χ2v) is 6.13. The molecule has 0 saturated carbocycles. The Balaban J connectivity index is 1.65. The van der Waals surface area contributed by atoms with Crippen LogP contribution in [-0.2, 0) is 0 Å². The van der Waals surface area contributed by atoms with Crippen LogP contribution in [0.3, 0.4) is 0 Å². The van der Waals surface area contributed by atoms with E-state index in [4.69, 9.17) is 0 Å². The summed E-state index contributed by atoms with van der Waals surface area (Å²) in [6.07, 6.45) is 8.70. The lowest BCUT2D eigenvalue weighted by molar-refractivity contribution is 0.0913. The summed E-state index contributed by atoms with van der Waals surface area (Å²) in [6.45, 7) is 1.99. The molecule has 1 aliphatic heterocycles. The maximum Gasteiger partial charge on any atom is 0.272 e. The van der Waals surface area contributed by atoms with Crippen molar-refractivity contribution in [1.29, 1.82) is 0 Å². The van der Waals surface area contributed by atoms with E-state index in [9.17, 15) is 4.79 Å². The highest BCUT2D eigenvalue weighted by atomic mass is 16.2. The lowest BCUT2D eigenvalue weighted by Crippen LogP contribution is -2.43. The molecule has 1 aliphatic rings. The molecule has 0 aliphatic carbocycles. The van der Waals surface area contributed by atoms with E-state index in [-0.39, 0.29) is 11.9 Å². The van der Waals surface area contributed by atoms with Gasteiger partial charge in [-0.15, -0.1) is 0 Å². The fraction of sp³-hybridized carbons (Fsp3) is 0.375. The fourth-order valence-electron chi connectivity index (χ4n) is 3.00. The molecular formula is C16H19N7O. The number of hydrogen-bond acceptors (Lipinski definition) is 5. The average Bonchev–Trinajstić information content (AvgIpc) is 3.27. The van der Waals surface area contributed by atoms with Gasteiger partial charge in [0.15, 0.2) is 5.69 Å². The molecule has 1 fully saturated rings. The molecule has 1 saturated heterocycles. The Kier molecular flexibility index (Phi) is 3.73. The predicted molar refractivity (Wildman–Crippen MR) is 89.0 cm³/mol. The summed E-state index contributed by atoms with van der Waals surface area (Å²) in [5.74, 6) is 0.272. The molecule has 124 valence electrons. The predicted octanol–water partition coefficient (Wildman–Crippen LogP) is 0.968. The second-order valence-electron chi connectivity index (χ2n) is 6.13. The second kappa shape index (κ2) is 6.04. The van der Waals surface area contributed by atoms with Gasteiger partial charge in [0.05, 0.1) is 11.0 Å². The number of H-pyrrole nitrogens is 1. The van der Waals surface area contributed by atoms with Crippen LogP contribution in [0.5, 0.6) is 0 Å². The van der Waals surface area contributed by atoms with Crippen LogP contribution in [0.2, 0.25) is 0 Å². The van der Waals surface area contributed by atoms with Gasteiger partial charge in [-0.1, -0.05) is 0 Å². The van der Waals surface area contributed by atoms with E-state index < -0.39 is 0 Å². The molecule has 8 nitrogen and oxygen atoms in total. The number of fused-ring (bicyclic) bond motifs is 1. The normalized spacial score (nSPS) is 16.5. The van der Waals surface area contributed by atoms with E-state index in [1.807, 2.05) is 6.07 Å². The highest BCUT2D eigenvalue weighted by Gasteiger charge is 2.22. The van der Waals surface area contributed by atoms with Crippen molar-refractivity contribution in [2.24, 2.45) is 0 Å². The topological polar surface area (TPSA) is 91.7 Å². The number of piperidine rings is 1. The Labute approximate surface area is 138 Å². The summed E-state index contributed by atoms with van der Waals surface area (Å²) in [5, 5.41) is 3.11. The SMILES string of the molecule is CN1CCC(NC(=O)c2nc(-n3ccnc3)nc3cc[nH]c23)CC1. The molecule has 1 amide bonds. The third kappa shape index (κ3) is 2.76. The number of hydrogen-bond donors (Lipinski definition) is 2. The lowest BCUT2D eigenvalue weighted by atomic mass is 10.1. The van der Waals surface area contributed by atoms with Crippen LogP contribution in [0.25, 0.3) is 17.0 Å². The minimum Gasteiger partial charge on any atom is -0.358 e. The number of carbonyl (C=O) groups excluding carboxylic acids is 1. The van der Waals surface area contributed by atoms with Crippen molar-refractivity contribution >= 4 is 16.9 Å². The summed E-state index contributed by atoms with van der Waals surface area (Å²) >= 11 is 0. The molecule has 4 heterocycles. The van der Waals surface area contributed by atoms with E-state index in [1.165, 1.54) is 0 Å². The van der Waals surface area contributed by atoms with Gasteiger partial charge < -0.3 is 15.2 Å². The molecule has 3 aromatic heterocycles. The van der Waals surface area contributed by atoms with Gasteiger partial charge >= 0.3 is 0 Å². The van der Waals surface area contributed by atoms with Gasteiger partial charge in [-0.05, 0) is 39.0 Å². The van der Waals surface area contributed by atoms with Gasteiger partial charge in [-0.3, -0.25) is 9.36 Å². The van der Waals surface area contributed by atoms with Gasteiger partial charge in [0.1, 0.15) is 6.33 Å². The average molecular weight is 325 g/mol. The van der Waals surface area contributed by atoms with Crippen LogP contribution in [-0.4, -0.2) is 61.5 Å². The summed E-state index contributed by atoms with van der Waals surface area (Å²) in [6, 6.07) is 2.02. The zero-order chi connectivity index (χ0) is 16.5. The monoisotopic (exact) mass is 325 g/mol. The van der Waals surface area contributed by atoms with Crippen LogP contribution >= 0.6 is 0 Å². The fourth-order valence-corrected chi connectivity index (χ4v) is 3.00. The number of rotatable bonds is 3. The molecule has 2 N–H and O–H groups in total. The zero-order valence-electron chi connectivity index (χ0n) is 13.4. The van der Waals surface area contributed by atoms with Gasteiger partial charge in [-0.2, -0.15) is 0 Å². The first-order chi connectivity index (χ1) is 11.7. The largest absolute Gasteiger partial charge is 0.358 e. The molecule has 0 bridgehead atoms. The minimum absolute atomic E-state index is 0.166. The Morgan fingerprint density at radius 1 is 1.33 bits per heavy atom. The van der Waals surface area contributed by atoms with Crippen molar-refractivity contribution < 1.29 is 4.79 Å². The van der Waals surface area contributed by atoms with Crippen molar-refractivity contribution in [3.05, 3.63) is 36.7 Å². The number of aromatic nitrogens is 5. The highest BCUT2D eigenvalue weighted by Crippen LogP contribution is 2.17.